The molecule has 0 spiro atoms. The largest absolute Gasteiger partial charge is 0.741 e. The highest BCUT2D eigenvalue weighted by molar-refractivity contribution is 7.86. The van der Waals surface area contributed by atoms with Crippen LogP contribution >= 0.6 is 0 Å². The minimum atomic E-state index is -6.09. The van der Waals surface area contributed by atoms with E-state index in [-0.39, 0.29) is 0 Å². The van der Waals surface area contributed by atoms with Crippen LogP contribution in [-0.4, -0.2) is 18.5 Å². The van der Waals surface area contributed by atoms with Gasteiger partial charge in [-0.25, -0.2) is 8.42 Å². The van der Waals surface area contributed by atoms with Crippen LogP contribution in [0.25, 0.3) is 0 Å². The molecule has 0 saturated heterocycles. The second-order valence-electron chi connectivity index (χ2n) is 0.900. The molecule has 0 unspecified atom stereocenters. The lowest BCUT2D eigenvalue weighted by Crippen LogP contribution is -2.21. The van der Waals surface area contributed by atoms with E-state index in [4.69, 9.17) is 23.8 Å². The summed E-state index contributed by atoms with van der Waals surface area (Å²) >= 11 is 0. The van der Waals surface area contributed by atoms with Crippen molar-refractivity contribution in [2.75, 3.05) is 0 Å². The Kier molecular flexibility index (Phi) is 3.95. The molecule has 0 atom stereocenters. The Morgan fingerprint density at radius 2 is 1.30 bits per heavy atom. The number of hydrogen-bond donors (Lipinski definition) is 0. The molecule has 0 aliphatic carbocycles. The van der Waals surface area contributed by atoms with E-state index in [1.165, 1.54) is 0 Å². The zero-order valence-electron chi connectivity index (χ0n) is 4.16. The van der Waals surface area contributed by atoms with Crippen molar-refractivity contribution in [3.8, 4) is 0 Å². The van der Waals surface area contributed by atoms with Crippen LogP contribution in [0.2, 0.25) is 0 Å². The van der Waals surface area contributed by atoms with Gasteiger partial charge in [-0.1, -0.05) is 0 Å². The normalized spacial score (nSPS) is 11.4. The van der Waals surface area contributed by atoms with Crippen LogP contribution in [0.4, 0.5) is 13.2 Å². The Balaban J connectivity index is 0. The summed E-state index contributed by atoms with van der Waals surface area (Å²) in [7, 11) is -6.09. The van der Waals surface area contributed by atoms with Gasteiger partial charge in [0.25, 0.3) is 0 Å². The Labute approximate surface area is 53.6 Å². The summed E-state index contributed by atoms with van der Waals surface area (Å²) in [5, 5.41) is 12.0. The summed E-state index contributed by atoms with van der Waals surface area (Å²) < 4.78 is 58.9. The van der Waals surface area contributed by atoms with Gasteiger partial charge in [-0.15, -0.1) is 0 Å². The topological polar surface area (TPSA) is 105 Å². The predicted octanol–water partition coefficient (Wildman–Crippen LogP) is 0.0816. The third kappa shape index (κ3) is 4.04. The molecule has 0 aromatic heterocycles. The van der Waals surface area contributed by atoms with Crippen LogP contribution in [0, 0.1) is 10.8 Å². The van der Waals surface area contributed by atoms with Crippen LogP contribution in [-0.2, 0) is 10.1 Å². The summed E-state index contributed by atoms with van der Waals surface area (Å²) in [5.74, 6) is 0. The standard InChI is InChI=1S/CHF3O3S.N2/c2-1(3,4)8(5,6)7;1-2/h(H,5,6,7);/p-1. The van der Waals surface area contributed by atoms with Gasteiger partial charge < -0.3 is 4.55 Å². The van der Waals surface area contributed by atoms with Crippen molar-refractivity contribution in [2.24, 2.45) is 0 Å². The lowest BCUT2D eigenvalue weighted by Gasteiger charge is -2.08. The van der Waals surface area contributed by atoms with Crippen molar-refractivity contribution in [2.45, 2.75) is 5.51 Å². The summed E-state index contributed by atoms with van der Waals surface area (Å²) in [6, 6.07) is 0. The van der Waals surface area contributed by atoms with Crippen molar-refractivity contribution >= 4 is 10.1 Å². The first-order valence-corrected chi connectivity index (χ1v) is 2.88. The van der Waals surface area contributed by atoms with Gasteiger partial charge in [0.1, 0.15) is 0 Å². The highest BCUT2D eigenvalue weighted by atomic mass is 32.2. The molecular weight excluding hydrogens is 177 g/mol. The number of nitrogens with zero attached hydrogens (tertiary/aromatic N) is 2. The number of rotatable bonds is 0. The van der Waals surface area contributed by atoms with Crippen LogP contribution in [0.5, 0.6) is 0 Å². The van der Waals surface area contributed by atoms with E-state index in [1.807, 2.05) is 0 Å². The predicted molar refractivity (Wildman–Crippen MR) is 19.2 cm³/mol. The first kappa shape index (κ1) is 11.9. The molecule has 0 aromatic carbocycles. The van der Waals surface area contributed by atoms with Gasteiger partial charge in [0.05, 0.1) is 0 Å². The van der Waals surface area contributed by atoms with Crippen LogP contribution in [0.15, 0.2) is 0 Å². The highest BCUT2D eigenvalue weighted by Crippen LogP contribution is 2.20. The molecule has 60 valence electrons. The van der Waals surface area contributed by atoms with Gasteiger partial charge in [-0.05, 0) is 0 Å². The summed E-state index contributed by atoms with van der Waals surface area (Å²) in [6.07, 6.45) is 0. The Morgan fingerprint density at radius 1 is 1.20 bits per heavy atom. The second-order valence-corrected chi connectivity index (χ2v) is 2.27. The van der Waals surface area contributed by atoms with Gasteiger partial charge >= 0.3 is 5.51 Å². The molecule has 0 N–H and O–H groups in total. The highest BCUT2D eigenvalue weighted by Gasteiger charge is 2.36. The summed E-state index contributed by atoms with van der Waals surface area (Å²) in [5.41, 5.74) is -5.65. The van der Waals surface area contributed by atoms with E-state index < -0.39 is 15.6 Å². The van der Waals surface area contributed by atoms with Crippen molar-refractivity contribution in [1.82, 2.24) is 0 Å². The van der Waals surface area contributed by atoms with Crippen molar-refractivity contribution < 1.29 is 26.1 Å². The average molecular weight is 177 g/mol. The van der Waals surface area contributed by atoms with E-state index in [0.29, 0.717) is 0 Å². The minimum Gasteiger partial charge on any atom is -0.741 e. The smallest absolute Gasteiger partial charge is 0.485 e. The molecule has 5 nitrogen and oxygen atoms in total. The number of alkyl halides is 3. The Hall–Kier alpha value is -0.880. The maximum Gasteiger partial charge on any atom is 0.485 e. The molecule has 0 aliphatic rings. The fourth-order valence-electron chi connectivity index (χ4n) is 0. The molecule has 0 amide bonds. The van der Waals surface area contributed by atoms with E-state index in [2.05, 4.69) is 0 Å². The van der Waals surface area contributed by atoms with Crippen LogP contribution in [0.1, 0.15) is 0 Å². The van der Waals surface area contributed by atoms with Gasteiger partial charge in [-0.3, -0.25) is 0 Å². The van der Waals surface area contributed by atoms with Crippen LogP contribution < -0.4 is 0 Å². The van der Waals surface area contributed by atoms with Crippen LogP contribution in [0.3, 0.4) is 0 Å². The van der Waals surface area contributed by atoms with Gasteiger partial charge in [-0.2, -0.15) is 13.2 Å². The van der Waals surface area contributed by atoms with E-state index in [9.17, 15) is 13.2 Å². The lowest BCUT2D eigenvalue weighted by molar-refractivity contribution is -0.0517. The zero-order chi connectivity index (χ0) is 9.00. The maximum atomic E-state index is 10.7. The SMILES string of the molecule is N#N.O=S(=O)([O-])C(F)(F)F. The first-order valence-electron chi connectivity index (χ1n) is 1.47. The molecule has 0 fully saturated rings. The molecule has 0 aromatic rings. The Bertz CT molecular complexity index is 202. The van der Waals surface area contributed by atoms with Crippen molar-refractivity contribution in [3.63, 3.8) is 0 Å². The lowest BCUT2D eigenvalue weighted by atomic mass is 11.6. The van der Waals surface area contributed by atoms with E-state index >= 15 is 0 Å². The fourth-order valence-corrected chi connectivity index (χ4v) is 0. The fraction of sp³-hybridized carbons (Fsp3) is 1.00. The third-order valence-electron chi connectivity index (χ3n) is 0.283. The summed E-state index contributed by atoms with van der Waals surface area (Å²) in [6.45, 7) is 0. The average Bonchev–Trinajstić information content (AvgIpc) is 1.66. The molecule has 0 rings (SSSR count). The van der Waals surface area contributed by atoms with E-state index in [1.54, 1.807) is 0 Å². The monoisotopic (exact) mass is 177 g/mol. The minimum absolute atomic E-state index is 5.65. The molecule has 0 aliphatic heterocycles. The number of hydrogen-bond acceptors (Lipinski definition) is 5. The molecule has 0 bridgehead atoms. The van der Waals surface area contributed by atoms with Gasteiger partial charge in [0.15, 0.2) is 10.1 Å². The molecule has 0 radical (unpaired) electrons. The second kappa shape index (κ2) is 3.33. The van der Waals surface area contributed by atoms with Crippen molar-refractivity contribution in [3.05, 3.63) is 0 Å². The quantitative estimate of drug-likeness (QED) is 0.296. The molecule has 9 heteroatoms. The molecular formula is CF3N2O3S-. The third-order valence-corrected chi connectivity index (χ3v) is 0.850. The van der Waals surface area contributed by atoms with Crippen molar-refractivity contribution in [1.29, 1.82) is 10.8 Å². The number of halogens is 3. The molecule has 0 heterocycles. The van der Waals surface area contributed by atoms with Gasteiger partial charge in [0.2, 0.25) is 0 Å². The molecule has 10 heavy (non-hydrogen) atoms. The van der Waals surface area contributed by atoms with E-state index in [0.717, 1.165) is 0 Å². The maximum absolute atomic E-state index is 10.7. The summed E-state index contributed by atoms with van der Waals surface area (Å²) in [4.78, 5) is 0. The first-order chi connectivity index (χ1) is 4.25. The zero-order valence-corrected chi connectivity index (χ0v) is 4.98. The Morgan fingerprint density at radius 3 is 1.30 bits per heavy atom. The van der Waals surface area contributed by atoms with Gasteiger partial charge in [0, 0.05) is 10.8 Å². The molecule has 0 saturated carbocycles.